The zero-order valence-corrected chi connectivity index (χ0v) is 9.27. The van der Waals surface area contributed by atoms with Gasteiger partial charge in [0, 0.05) is 13.1 Å². The van der Waals surface area contributed by atoms with Crippen molar-refractivity contribution in [3.8, 4) is 0 Å². The minimum atomic E-state index is -0.300. The number of carbonyl (C=O) groups is 1. The molecular formula is C9H17N3OS. The van der Waals surface area contributed by atoms with Gasteiger partial charge in [0.05, 0.1) is 0 Å². The van der Waals surface area contributed by atoms with Crippen molar-refractivity contribution in [2.75, 3.05) is 13.1 Å². The summed E-state index contributed by atoms with van der Waals surface area (Å²) in [6.45, 7) is 3.51. The van der Waals surface area contributed by atoms with E-state index in [0.29, 0.717) is 0 Å². The van der Waals surface area contributed by atoms with Crippen molar-refractivity contribution < 1.29 is 4.79 Å². The van der Waals surface area contributed by atoms with E-state index in [0.717, 1.165) is 25.9 Å². The average Bonchev–Trinajstić information content (AvgIpc) is 2.17. The standard InChI is InChI=1S/C9H17N3OS/c1-7(11-9(10)14)8(13)12-5-3-2-4-6-12/h7H,2-6H2,1H3,(H3,10,11,14). The number of nitrogens with one attached hydrogen (secondary N) is 1. The topological polar surface area (TPSA) is 58.4 Å². The van der Waals surface area contributed by atoms with E-state index in [9.17, 15) is 4.79 Å². The number of carbonyl (C=O) groups excluding carboxylic acids is 1. The molecule has 0 aromatic heterocycles. The van der Waals surface area contributed by atoms with Crippen molar-refractivity contribution in [1.82, 2.24) is 10.2 Å². The Bertz CT molecular complexity index is 226. The predicted octanol–water partition coefficient (Wildman–Crippen LogP) is 0.221. The fraction of sp³-hybridized carbons (Fsp3) is 0.778. The lowest BCUT2D eigenvalue weighted by Crippen LogP contribution is -2.49. The normalized spacial score (nSPS) is 18.8. The molecule has 1 unspecified atom stereocenters. The Hall–Kier alpha value is -0.840. The zero-order valence-electron chi connectivity index (χ0n) is 8.45. The van der Waals surface area contributed by atoms with Crippen molar-refractivity contribution >= 4 is 23.2 Å². The predicted molar refractivity (Wildman–Crippen MR) is 59.8 cm³/mol. The van der Waals surface area contributed by atoms with Gasteiger partial charge in [-0.2, -0.15) is 0 Å². The summed E-state index contributed by atoms with van der Waals surface area (Å²) in [5, 5.41) is 2.94. The third kappa shape index (κ3) is 3.14. The molecular weight excluding hydrogens is 198 g/mol. The van der Waals surface area contributed by atoms with Crippen molar-refractivity contribution in [3.63, 3.8) is 0 Å². The van der Waals surface area contributed by atoms with E-state index in [2.05, 4.69) is 17.5 Å². The van der Waals surface area contributed by atoms with Crippen LogP contribution in [-0.4, -0.2) is 35.1 Å². The first kappa shape index (κ1) is 11.2. The number of nitrogens with two attached hydrogens (primary N) is 1. The second kappa shape index (κ2) is 5.14. The van der Waals surface area contributed by atoms with Gasteiger partial charge in [-0.1, -0.05) is 0 Å². The number of hydrogen-bond acceptors (Lipinski definition) is 2. The monoisotopic (exact) mass is 215 g/mol. The summed E-state index contributed by atoms with van der Waals surface area (Å²) < 4.78 is 0. The molecule has 1 saturated heterocycles. The molecule has 0 aromatic rings. The van der Waals surface area contributed by atoms with Crippen LogP contribution in [0.5, 0.6) is 0 Å². The van der Waals surface area contributed by atoms with Gasteiger partial charge in [0.15, 0.2) is 5.11 Å². The van der Waals surface area contributed by atoms with Gasteiger partial charge in [0.25, 0.3) is 0 Å². The Morgan fingerprint density at radius 1 is 1.43 bits per heavy atom. The van der Waals surface area contributed by atoms with Crippen molar-refractivity contribution in [1.29, 1.82) is 0 Å². The number of piperidine rings is 1. The minimum absolute atomic E-state index is 0.0949. The largest absolute Gasteiger partial charge is 0.376 e. The van der Waals surface area contributed by atoms with Crippen LogP contribution in [0.2, 0.25) is 0 Å². The first-order valence-corrected chi connectivity index (χ1v) is 5.37. The first-order chi connectivity index (χ1) is 6.61. The summed E-state index contributed by atoms with van der Waals surface area (Å²) >= 11 is 4.69. The number of thiocarbonyl (C=S) groups is 1. The van der Waals surface area contributed by atoms with Crippen LogP contribution in [0.1, 0.15) is 26.2 Å². The molecule has 0 bridgehead atoms. The van der Waals surface area contributed by atoms with Crippen LogP contribution in [0.15, 0.2) is 0 Å². The third-order valence-electron chi connectivity index (χ3n) is 2.40. The van der Waals surface area contributed by atoms with Crippen molar-refractivity contribution in [3.05, 3.63) is 0 Å². The average molecular weight is 215 g/mol. The molecule has 14 heavy (non-hydrogen) atoms. The van der Waals surface area contributed by atoms with Gasteiger partial charge in [-0.25, -0.2) is 0 Å². The summed E-state index contributed by atoms with van der Waals surface area (Å²) in [6, 6.07) is -0.300. The third-order valence-corrected chi connectivity index (χ3v) is 2.51. The van der Waals surface area contributed by atoms with Crippen LogP contribution in [0, 0.1) is 0 Å². The van der Waals surface area contributed by atoms with E-state index >= 15 is 0 Å². The molecule has 0 aliphatic carbocycles. The van der Waals surface area contributed by atoms with E-state index in [4.69, 9.17) is 5.73 Å². The van der Waals surface area contributed by atoms with Gasteiger partial charge in [0.2, 0.25) is 5.91 Å². The molecule has 1 fully saturated rings. The lowest BCUT2D eigenvalue weighted by Gasteiger charge is -2.29. The summed E-state index contributed by atoms with van der Waals surface area (Å²) in [4.78, 5) is 13.7. The summed E-state index contributed by atoms with van der Waals surface area (Å²) in [5.74, 6) is 0.0949. The lowest BCUT2D eigenvalue weighted by atomic mass is 10.1. The van der Waals surface area contributed by atoms with Crippen LogP contribution < -0.4 is 11.1 Å². The number of likely N-dealkylation sites (tertiary alicyclic amines) is 1. The maximum absolute atomic E-state index is 11.8. The molecule has 0 radical (unpaired) electrons. The second-order valence-electron chi connectivity index (χ2n) is 3.62. The highest BCUT2D eigenvalue weighted by Gasteiger charge is 2.21. The Morgan fingerprint density at radius 2 is 2.00 bits per heavy atom. The lowest BCUT2D eigenvalue weighted by molar-refractivity contribution is -0.133. The van der Waals surface area contributed by atoms with E-state index in [1.54, 1.807) is 6.92 Å². The Labute approximate surface area is 89.8 Å². The maximum atomic E-state index is 11.8. The number of nitrogens with zero attached hydrogens (tertiary/aromatic N) is 1. The second-order valence-corrected chi connectivity index (χ2v) is 4.06. The Morgan fingerprint density at radius 3 is 2.50 bits per heavy atom. The van der Waals surface area contributed by atoms with E-state index in [1.807, 2.05) is 4.90 Å². The molecule has 1 rings (SSSR count). The smallest absolute Gasteiger partial charge is 0.244 e. The number of hydrogen-bond donors (Lipinski definition) is 2. The zero-order chi connectivity index (χ0) is 10.6. The van der Waals surface area contributed by atoms with Crippen LogP contribution in [-0.2, 0) is 4.79 Å². The summed E-state index contributed by atoms with van der Waals surface area (Å²) in [5.41, 5.74) is 5.31. The highest BCUT2D eigenvalue weighted by atomic mass is 32.1. The molecule has 5 heteroatoms. The van der Waals surface area contributed by atoms with Gasteiger partial charge in [-0.3, -0.25) is 4.79 Å². The minimum Gasteiger partial charge on any atom is -0.376 e. The van der Waals surface area contributed by atoms with Crippen LogP contribution in [0.25, 0.3) is 0 Å². The van der Waals surface area contributed by atoms with E-state index < -0.39 is 0 Å². The molecule has 0 spiro atoms. The molecule has 0 aromatic carbocycles. The molecule has 0 saturated carbocycles. The fourth-order valence-corrected chi connectivity index (χ4v) is 1.84. The number of rotatable bonds is 2. The van der Waals surface area contributed by atoms with Crippen molar-refractivity contribution in [2.45, 2.75) is 32.2 Å². The molecule has 1 heterocycles. The molecule has 1 atom stereocenters. The summed E-state index contributed by atoms with van der Waals surface area (Å²) in [6.07, 6.45) is 3.43. The van der Waals surface area contributed by atoms with Crippen LogP contribution in [0.3, 0.4) is 0 Å². The first-order valence-electron chi connectivity index (χ1n) is 4.96. The summed E-state index contributed by atoms with van der Waals surface area (Å²) in [7, 11) is 0. The molecule has 1 aliphatic rings. The van der Waals surface area contributed by atoms with Gasteiger partial charge >= 0.3 is 0 Å². The van der Waals surface area contributed by atoms with Gasteiger partial charge in [0.1, 0.15) is 6.04 Å². The highest BCUT2D eigenvalue weighted by molar-refractivity contribution is 7.80. The molecule has 4 nitrogen and oxygen atoms in total. The SMILES string of the molecule is CC(NC(N)=S)C(=O)N1CCCCC1. The molecule has 1 amide bonds. The van der Waals surface area contributed by atoms with Crippen LogP contribution >= 0.6 is 12.2 Å². The van der Waals surface area contributed by atoms with E-state index in [-0.39, 0.29) is 17.1 Å². The van der Waals surface area contributed by atoms with Crippen LogP contribution in [0.4, 0.5) is 0 Å². The number of amides is 1. The highest BCUT2D eigenvalue weighted by Crippen LogP contribution is 2.09. The Kier molecular flexibility index (Phi) is 4.13. The molecule has 3 N–H and O–H groups in total. The maximum Gasteiger partial charge on any atom is 0.244 e. The fourth-order valence-electron chi connectivity index (χ4n) is 1.66. The van der Waals surface area contributed by atoms with Gasteiger partial charge < -0.3 is 16.0 Å². The van der Waals surface area contributed by atoms with Gasteiger partial charge in [-0.05, 0) is 38.4 Å². The Balaban J connectivity index is 2.42. The van der Waals surface area contributed by atoms with Gasteiger partial charge in [-0.15, -0.1) is 0 Å². The molecule has 80 valence electrons. The van der Waals surface area contributed by atoms with Crippen molar-refractivity contribution in [2.24, 2.45) is 5.73 Å². The molecule has 1 aliphatic heterocycles. The van der Waals surface area contributed by atoms with E-state index in [1.165, 1.54) is 6.42 Å². The quantitative estimate of drug-likeness (QED) is 0.647.